The zero-order valence-corrected chi connectivity index (χ0v) is 12.0. The number of anilines is 1. The average molecular weight is 277 g/mol. The van der Waals surface area contributed by atoms with Gasteiger partial charge in [0.1, 0.15) is 0 Å². The first kappa shape index (κ1) is 14.8. The Morgan fingerprint density at radius 3 is 2.75 bits per heavy atom. The van der Waals surface area contributed by atoms with Crippen molar-refractivity contribution in [1.82, 2.24) is 10.3 Å². The van der Waals surface area contributed by atoms with E-state index in [1.54, 1.807) is 7.11 Å². The largest absolute Gasteiger partial charge is 0.385 e. The minimum absolute atomic E-state index is 0.149. The highest BCUT2D eigenvalue weighted by molar-refractivity contribution is 5.78. The third-order valence-electron chi connectivity index (χ3n) is 3.72. The van der Waals surface area contributed by atoms with E-state index in [2.05, 4.69) is 15.2 Å². The number of methoxy groups -OCH3 is 1. The summed E-state index contributed by atoms with van der Waals surface area (Å²) in [5, 5.41) is 2.99. The van der Waals surface area contributed by atoms with E-state index in [-0.39, 0.29) is 11.8 Å². The van der Waals surface area contributed by atoms with Crippen molar-refractivity contribution in [1.29, 1.82) is 0 Å². The van der Waals surface area contributed by atoms with Crippen LogP contribution < -0.4 is 10.2 Å². The molecule has 0 aromatic carbocycles. The lowest BCUT2D eigenvalue weighted by Gasteiger charge is -2.32. The Morgan fingerprint density at radius 2 is 2.10 bits per heavy atom. The summed E-state index contributed by atoms with van der Waals surface area (Å²) in [5.74, 6) is 0.339. The molecular weight excluding hydrogens is 254 g/mol. The SMILES string of the molecule is COCCCNC(=O)C1CCN(c2ccncc2)CC1. The first-order valence-corrected chi connectivity index (χ1v) is 7.23. The van der Waals surface area contributed by atoms with Crippen LogP contribution in [0, 0.1) is 5.92 Å². The number of ether oxygens (including phenoxy) is 1. The van der Waals surface area contributed by atoms with Crippen LogP contribution in [-0.2, 0) is 9.53 Å². The lowest BCUT2D eigenvalue weighted by Crippen LogP contribution is -2.40. The van der Waals surface area contributed by atoms with Crippen molar-refractivity contribution in [3.63, 3.8) is 0 Å². The maximum atomic E-state index is 12.0. The summed E-state index contributed by atoms with van der Waals surface area (Å²) in [6, 6.07) is 4.04. The fourth-order valence-electron chi connectivity index (χ4n) is 2.53. The van der Waals surface area contributed by atoms with Gasteiger partial charge in [-0.2, -0.15) is 0 Å². The van der Waals surface area contributed by atoms with E-state index in [0.717, 1.165) is 32.4 Å². The molecular formula is C15H23N3O2. The molecule has 110 valence electrons. The zero-order chi connectivity index (χ0) is 14.2. The molecule has 2 rings (SSSR count). The summed E-state index contributed by atoms with van der Waals surface area (Å²) in [7, 11) is 1.68. The molecule has 1 saturated heterocycles. The van der Waals surface area contributed by atoms with Crippen LogP contribution in [0.4, 0.5) is 5.69 Å². The minimum Gasteiger partial charge on any atom is -0.385 e. The highest BCUT2D eigenvalue weighted by atomic mass is 16.5. The Kier molecular flexibility index (Phi) is 5.80. The van der Waals surface area contributed by atoms with Crippen LogP contribution in [0.1, 0.15) is 19.3 Å². The molecule has 2 heterocycles. The Hall–Kier alpha value is -1.62. The molecule has 0 atom stereocenters. The maximum absolute atomic E-state index is 12.0. The van der Waals surface area contributed by atoms with E-state index < -0.39 is 0 Å². The van der Waals surface area contributed by atoms with Crippen molar-refractivity contribution in [2.75, 3.05) is 38.3 Å². The molecule has 0 aliphatic carbocycles. The van der Waals surface area contributed by atoms with Gasteiger partial charge in [0.25, 0.3) is 0 Å². The van der Waals surface area contributed by atoms with E-state index in [1.165, 1.54) is 5.69 Å². The fraction of sp³-hybridized carbons (Fsp3) is 0.600. The molecule has 1 aliphatic heterocycles. The summed E-state index contributed by atoms with van der Waals surface area (Å²) in [5.41, 5.74) is 1.19. The van der Waals surface area contributed by atoms with E-state index in [4.69, 9.17) is 4.74 Å². The van der Waals surface area contributed by atoms with Gasteiger partial charge >= 0.3 is 0 Å². The Morgan fingerprint density at radius 1 is 1.40 bits per heavy atom. The second kappa shape index (κ2) is 7.85. The lowest BCUT2D eigenvalue weighted by molar-refractivity contribution is -0.125. The number of rotatable bonds is 6. The summed E-state index contributed by atoms with van der Waals surface area (Å²) in [6.07, 6.45) is 6.32. The fourth-order valence-corrected chi connectivity index (χ4v) is 2.53. The molecule has 1 N–H and O–H groups in total. The highest BCUT2D eigenvalue weighted by Gasteiger charge is 2.24. The number of hydrogen-bond donors (Lipinski definition) is 1. The van der Waals surface area contributed by atoms with Gasteiger partial charge in [-0.3, -0.25) is 9.78 Å². The van der Waals surface area contributed by atoms with Crippen molar-refractivity contribution in [2.24, 2.45) is 5.92 Å². The first-order chi connectivity index (χ1) is 9.81. The van der Waals surface area contributed by atoms with Gasteiger partial charge in [-0.1, -0.05) is 0 Å². The molecule has 20 heavy (non-hydrogen) atoms. The number of piperidine rings is 1. The monoisotopic (exact) mass is 277 g/mol. The van der Waals surface area contributed by atoms with E-state index in [0.29, 0.717) is 13.2 Å². The van der Waals surface area contributed by atoms with Gasteiger partial charge in [-0.05, 0) is 31.4 Å². The van der Waals surface area contributed by atoms with Crippen LogP contribution in [0.5, 0.6) is 0 Å². The van der Waals surface area contributed by atoms with Gasteiger partial charge in [0.15, 0.2) is 0 Å². The molecule has 0 unspecified atom stereocenters. The van der Waals surface area contributed by atoms with E-state index in [1.807, 2.05) is 24.5 Å². The van der Waals surface area contributed by atoms with Crippen LogP contribution in [-0.4, -0.2) is 44.2 Å². The van der Waals surface area contributed by atoms with Crippen LogP contribution in [0.2, 0.25) is 0 Å². The summed E-state index contributed by atoms with van der Waals surface area (Å²) in [4.78, 5) is 18.4. The van der Waals surface area contributed by atoms with Gasteiger partial charge in [0.2, 0.25) is 5.91 Å². The predicted octanol–water partition coefficient (Wildman–Crippen LogP) is 1.45. The molecule has 0 spiro atoms. The van der Waals surface area contributed by atoms with Gasteiger partial charge < -0.3 is 15.0 Å². The lowest BCUT2D eigenvalue weighted by atomic mass is 9.95. The summed E-state index contributed by atoms with van der Waals surface area (Å²) >= 11 is 0. The highest BCUT2D eigenvalue weighted by Crippen LogP contribution is 2.22. The maximum Gasteiger partial charge on any atom is 0.223 e. The van der Waals surface area contributed by atoms with Gasteiger partial charge in [-0.15, -0.1) is 0 Å². The Balaban J connectivity index is 1.72. The van der Waals surface area contributed by atoms with Crippen LogP contribution >= 0.6 is 0 Å². The van der Waals surface area contributed by atoms with Gasteiger partial charge in [-0.25, -0.2) is 0 Å². The molecule has 0 saturated carbocycles. The van der Waals surface area contributed by atoms with Gasteiger partial charge in [0, 0.05) is 57.3 Å². The predicted molar refractivity (Wildman–Crippen MR) is 78.7 cm³/mol. The number of nitrogens with one attached hydrogen (secondary N) is 1. The molecule has 5 nitrogen and oxygen atoms in total. The number of carbonyl (C=O) groups excluding carboxylic acids is 1. The van der Waals surface area contributed by atoms with Crippen LogP contribution in [0.15, 0.2) is 24.5 Å². The zero-order valence-electron chi connectivity index (χ0n) is 12.0. The Bertz CT molecular complexity index is 403. The number of pyridine rings is 1. The number of amides is 1. The average Bonchev–Trinajstić information content (AvgIpc) is 2.52. The number of carbonyl (C=O) groups is 1. The van der Waals surface area contributed by atoms with Crippen molar-refractivity contribution < 1.29 is 9.53 Å². The van der Waals surface area contributed by atoms with E-state index >= 15 is 0 Å². The standard InChI is InChI=1S/C15H23N3O2/c1-20-12-2-7-17-15(19)13-5-10-18(11-6-13)14-3-8-16-9-4-14/h3-4,8-9,13H,2,5-7,10-12H2,1H3,(H,17,19). The molecule has 5 heteroatoms. The molecule has 0 radical (unpaired) electrons. The smallest absolute Gasteiger partial charge is 0.223 e. The molecule has 0 bridgehead atoms. The molecule has 1 aliphatic rings. The summed E-state index contributed by atoms with van der Waals surface area (Å²) < 4.78 is 4.97. The van der Waals surface area contributed by atoms with Crippen LogP contribution in [0.3, 0.4) is 0 Å². The molecule has 1 aromatic rings. The molecule has 1 aromatic heterocycles. The molecule has 1 amide bonds. The third-order valence-corrected chi connectivity index (χ3v) is 3.72. The molecule has 1 fully saturated rings. The van der Waals surface area contributed by atoms with Gasteiger partial charge in [0.05, 0.1) is 0 Å². The van der Waals surface area contributed by atoms with Crippen molar-refractivity contribution >= 4 is 11.6 Å². The van der Waals surface area contributed by atoms with Crippen molar-refractivity contribution in [3.05, 3.63) is 24.5 Å². The summed E-state index contributed by atoms with van der Waals surface area (Å²) in [6.45, 7) is 3.26. The normalized spacial score (nSPS) is 16.1. The third kappa shape index (κ3) is 4.20. The second-order valence-corrected chi connectivity index (χ2v) is 5.10. The van der Waals surface area contributed by atoms with Crippen LogP contribution in [0.25, 0.3) is 0 Å². The van der Waals surface area contributed by atoms with Crippen molar-refractivity contribution in [2.45, 2.75) is 19.3 Å². The topological polar surface area (TPSA) is 54.5 Å². The number of hydrogen-bond acceptors (Lipinski definition) is 4. The Labute approximate surface area is 120 Å². The first-order valence-electron chi connectivity index (χ1n) is 7.23. The van der Waals surface area contributed by atoms with E-state index in [9.17, 15) is 4.79 Å². The quantitative estimate of drug-likeness (QED) is 0.800. The minimum atomic E-state index is 0.149. The number of nitrogens with zero attached hydrogens (tertiary/aromatic N) is 2. The van der Waals surface area contributed by atoms with Crippen molar-refractivity contribution in [3.8, 4) is 0 Å². The second-order valence-electron chi connectivity index (χ2n) is 5.10. The number of aromatic nitrogens is 1.